The molecule has 0 amide bonds. The van der Waals surface area contributed by atoms with Crippen LogP contribution in [0.1, 0.15) is 45.1 Å². The topological polar surface area (TPSA) is 90.9 Å². The summed E-state index contributed by atoms with van der Waals surface area (Å²) in [6.45, 7) is 5.83. The third kappa shape index (κ3) is 5.28. The number of phenols is 2. The molecule has 2 aromatic rings. The maximum Gasteiger partial charge on any atom is 0.328 e. The molecule has 1 atom stereocenters. The second kappa shape index (κ2) is 8.43. The summed E-state index contributed by atoms with van der Waals surface area (Å²) in [6, 6.07) is 6.08. The van der Waals surface area contributed by atoms with E-state index < -0.39 is 5.97 Å². The summed E-state index contributed by atoms with van der Waals surface area (Å²) >= 11 is 0. The average molecular weight is 356 g/mol. The molecule has 0 aliphatic rings. The number of aromatic hydroxyl groups is 2. The fourth-order valence-corrected chi connectivity index (χ4v) is 2.80. The molecule has 0 saturated carbocycles. The van der Waals surface area contributed by atoms with Crippen molar-refractivity contribution in [1.29, 1.82) is 0 Å². The summed E-state index contributed by atoms with van der Waals surface area (Å²) in [4.78, 5) is 10.9. The van der Waals surface area contributed by atoms with Gasteiger partial charge in [0.05, 0.1) is 11.8 Å². The first-order valence-corrected chi connectivity index (χ1v) is 8.40. The molecule has 1 heterocycles. The van der Waals surface area contributed by atoms with E-state index in [0.717, 1.165) is 17.6 Å². The molecule has 0 saturated heterocycles. The van der Waals surface area contributed by atoms with Crippen molar-refractivity contribution in [2.75, 3.05) is 0 Å². The number of aliphatic carboxylic acids is 1. The van der Waals surface area contributed by atoms with Gasteiger partial charge in [-0.25, -0.2) is 4.79 Å². The lowest BCUT2D eigenvalue weighted by Crippen LogP contribution is -1.99. The molecule has 2 rings (SSSR count). The van der Waals surface area contributed by atoms with Crippen LogP contribution in [0.25, 0.3) is 11.3 Å². The average Bonchev–Trinajstić information content (AvgIpc) is 3.02. The third-order valence-electron chi connectivity index (χ3n) is 4.09. The van der Waals surface area contributed by atoms with Crippen LogP contribution in [0.5, 0.6) is 11.5 Å². The Morgan fingerprint density at radius 1 is 1.19 bits per heavy atom. The van der Waals surface area contributed by atoms with Crippen molar-refractivity contribution >= 4 is 5.97 Å². The number of carboxylic acids is 1. The maximum absolute atomic E-state index is 10.9. The minimum absolute atomic E-state index is 0.0199. The Morgan fingerprint density at radius 2 is 1.92 bits per heavy atom. The number of furan rings is 1. The van der Waals surface area contributed by atoms with Crippen LogP contribution in [0.3, 0.4) is 0 Å². The molecule has 5 nitrogen and oxygen atoms in total. The second-order valence-electron chi connectivity index (χ2n) is 6.69. The molecule has 26 heavy (non-hydrogen) atoms. The molecule has 1 aromatic carbocycles. The van der Waals surface area contributed by atoms with Gasteiger partial charge in [0.15, 0.2) is 0 Å². The van der Waals surface area contributed by atoms with E-state index in [2.05, 4.69) is 6.08 Å². The summed E-state index contributed by atoms with van der Waals surface area (Å²) in [5.41, 5.74) is 3.28. The molecule has 0 fully saturated rings. The van der Waals surface area contributed by atoms with Crippen molar-refractivity contribution in [3.8, 4) is 22.8 Å². The van der Waals surface area contributed by atoms with Crippen LogP contribution in [0, 0.1) is 0 Å². The number of carbonyl (C=O) groups is 1. The normalized spacial score (nSPS) is 12.7. The SMILES string of the molecule is CC(C)=CCC(C/C(C)=C/C(=O)O)c1coc(-c2cc(O)ccc2O)c1. The molecule has 0 bridgehead atoms. The van der Waals surface area contributed by atoms with E-state index in [9.17, 15) is 15.0 Å². The lowest BCUT2D eigenvalue weighted by atomic mass is 9.90. The van der Waals surface area contributed by atoms with Gasteiger partial charge in [-0.15, -0.1) is 0 Å². The van der Waals surface area contributed by atoms with Crippen molar-refractivity contribution in [2.24, 2.45) is 0 Å². The molecular weight excluding hydrogens is 332 g/mol. The van der Waals surface area contributed by atoms with Crippen LogP contribution >= 0.6 is 0 Å². The summed E-state index contributed by atoms with van der Waals surface area (Å²) in [5.74, 6) is -0.391. The summed E-state index contributed by atoms with van der Waals surface area (Å²) in [7, 11) is 0. The molecule has 3 N–H and O–H groups in total. The van der Waals surface area contributed by atoms with Gasteiger partial charge in [0.1, 0.15) is 17.3 Å². The van der Waals surface area contributed by atoms with Gasteiger partial charge in [0, 0.05) is 6.08 Å². The van der Waals surface area contributed by atoms with Crippen LogP contribution in [0.4, 0.5) is 0 Å². The van der Waals surface area contributed by atoms with Crippen LogP contribution in [-0.2, 0) is 4.79 Å². The summed E-state index contributed by atoms with van der Waals surface area (Å²) in [6.07, 6.45) is 6.28. The van der Waals surface area contributed by atoms with Crippen molar-refractivity contribution in [2.45, 2.75) is 39.5 Å². The minimum atomic E-state index is -0.957. The highest BCUT2D eigenvalue weighted by atomic mass is 16.4. The van der Waals surface area contributed by atoms with Gasteiger partial charge in [-0.3, -0.25) is 0 Å². The Morgan fingerprint density at radius 3 is 2.58 bits per heavy atom. The number of rotatable bonds is 7. The largest absolute Gasteiger partial charge is 0.508 e. The van der Waals surface area contributed by atoms with E-state index in [1.807, 2.05) is 19.9 Å². The van der Waals surface area contributed by atoms with Gasteiger partial charge in [0.25, 0.3) is 0 Å². The van der Waals surface area contributed by atoms with Crippen molar-refractivity contribution in [1.82, 2.24) is 0 Å². The molecule has 0 aliphatic heterocycles. The van der Waals surface area contributed by atoms with E-state index in [1.54, 1.807) is 13.2 Å². The van der Waals surface area contributed by atoms with Gasteiger partial charge < -0.3 is 19.7 Å². The standard InChI is InChI=1S/C21H24O5/c1-13(2)4-5-15(8-14(3)9-21(24)25)16-10-20(26-12-16)18-11-17(22)6-7-19(18)23/h4,6-7,9-12,15,22-23H,5,8H2,1-3H3,(H,24,25)/b14-9+. The molecule has 1 unspecified atom stereocenters. The highest BCUT2D eigenvalue weighted by molar-refractivity contribution is 5.80. The fraction of sp³-hybridized carbons (Fsp3) is 0.286. The number of hydrogen-bond acceptors (Lipinski definition) is 4. The first kappa shape index (κ1) is 19.4. The van der Waals surface area contributed by atoms with Gasteiger partial charge in [-0.1, -0.05) is 17.2 Å². The lowest BCUT2D eigenvalue weighted by molar-refractivity contribution is -0.131. The monoisotopic (exact) mass is 356 g/mol. The number of carboxylic acid groups (broad SMARTS) is 1. The quantitative estimate of drug-likeness (QED) is 0.359. The van der Waals surface area contributed by atoms with Crippen LogP contribution in [-0.4, -0.2) is 21.3 Å². The Bertz CT molecular complexity index is 838. The zero-order valence-corrected chi connectivity index (χ0v) is 15.2. The summed E-state index contributed by atoms with van der Waals surface area (Å²) < 4.78 is 5.61. The van der Waals surface area contributed by atoms with E-state index in [1.165, 1.54) is 29.8 Å². The van der Waals surface area contributed by atoms with Crippen LogP contribution in [0.15, 0.2) is 58.2 Å². The molecular formula is C21H24O5. The van der Waals surface area contributed by atoms with E-state index >= 15 is 0 Å². The van der Waals surface area contributed by atoms with Gasteiger partial charge in [-0.05, 0) is 69.4 Å². The number of benzene rings is 1. The second-order valence-corrected chi connectivity index (χ2v) is 6.69. The zero-order valence-electron chi connectivity index (χ0n) is 15.2. The van der Waals surface area contributed by atoms with E-state index in [0.29, 0.717) is 17.7 Å². The Hall–Kier alpha value is -2.95. The highest BCUT2D eigenvalue weighted by Gasteiger charge is 2.17. The molecule has 5 heteroatoms. The lowest BCUT2D eigenvalue weighted by Gasteiger charge is -2.14. The third-order valence-corrected chi connectivity index (χ3v) is 4.09. The van der Waals surface area contributed by atoms with Crippen LogP contribution < -0.4 is 0 Å². The molecule has 1 aromatic heterocycles. The fourth-order valence-electron chi connectivity index (χ4n) is 2.80. The van der Waals surface area contributed by atoms with Gasteiger partial charge in [-0.2, -0.15) is 0 Å². The maximum atomic E-state index is 10.9. The Balaban J connectivity index is 2.33. The Kier molecular flexibility index (Phi) is 6.28. The van der Waals surface area contributed by atoms with Gasteiger partial charge in [0.2, 0.25) is 0 Å². The molecule has 0 aliphatic carbocycles. The van der Waals surface area contributed by atoms with Gasteiger partial charge >= 0.3 is 5.97 Å². The first-order valence-electron chi connectivity index (χ1n) is 8.40. The highest BCUT2D eigenvalue weighted by Crippen LogP contribution is 2.37. The molecule has 0 spiro atoms. The molecule has 138 valence electrons. The van der Waals surface area contributed by atoms with Crippen molar-refractivity contribution in [3.63, 3.8) is 0 Å². The molecule has 0 radical (unpaired) electrons. The minimum Gasteiger partial charge on any atom is -0.508 e. The number of hydrogen-bond donors (Lipinski definition) is 3. The number of phenolic OH excluding ortho intramolecular Hbond substituents is 2. The first-order chi connectivity index (χ1) is 12.3. The van der Waals surface area contributed by atoms with Crippen molar-refractivity contribution in [3.05, 3.63) is 59.4 Å². The predicted octanol–water partition coefficient (Wildman–Crippen LogP) is 5.22. The van der Waals surface area contributed by atoms with Crippen molar-refractivity contribution < 1.29 is 24.5 Å². The van der Waals surface area contributed by atoms with Crippen LogP contribution in [0.2, 0.25) is 0 Å². The van der Waals surface area contributed by atoms with E-state index in [-0.39, 0.29) is 17.4 Å². The Labute approximate surface area is 152 Å². The van der Waals surface area contributed by atoms with E-state index in [4.69, 9.17) is 9.52 Å². The summed E-state index contributed by atoms with van der Waals surface area (Å²) in [5, 5.41) is 28.6. The predicted molar refractivity (Wildman–Crippen MR) is 100 cm³/mol. The smallest absolute Gasteiger partial charge is 0.328 e. The zero-order chi connectivity index (χ0) is 19.3. The number of allylic oxidation sites excluding steroid dienone is 3.